The highest BCUT2D eigenvalue weighted by Crippen LogP contribution is 2.32. The van der Waals surface area contributed by atoms with Gasteiger partial charge in [0.25, 0.3) is 0 Å². The monoisotopic (exact) mass is 432 g/mol. The number of rotatable bonds is 5. The van der Waals surface area contributed by atoms with E-state index in [0.717, 1.165) is 22.1 Å². The van der Waals surface area contributed by atoms with Gasteiger partial charge in [-0.25, -0.2) is 17.8 Å². The van der Waals surface area contributed by atoms with Crippen molar-refractivity contribution >= 4 is 26.3 Å². The average Bonchev–Trinajstić information content (AvgIpc) is 3.24. The number of anilines is 1. The van der Waals surface area contributed by atoms with Crippen LogP contribution >= 0.6 is 11.3 Å². The summed E-state index contributed by atoms with van der Waals surface area (Å²) in [7, 11) is -1.82. The van der Waals surface area contributed by atoms with Crippen LogP contribution in [-0.2, 0) is 9.84 Å². The van der Waals surface area contributed by atoms with E-state index in [1.54, 1.807) is 18.4 Å². The van der Waals surface area contributed by atoms with Crippen molar-refractivity contribution in [2.75, 3.05) is 25.1 Å². The zero-order valence-corrected chi connectivity index (χ0v) is 17.5. The Morgan fingerprint density at radius 1 is 1.14 bits per heavy atom. The Morgan fingerprint density at radius 3 is 2.55 bits per heavy atom. The highest BCUT2D eigenvalue weighted by Gasteiger charge is 2.32. The summed E-state index contributed by atoms with van der Waals surface area (Å²) in [5, 5.41) is 2.44. The summed E-state index contributed by atoms with van der Waals surface area (Å²) < 4.78 is 44.0. The van der Waals surface area contributed by atoms with Crippen molar-refractivity contribution in [2.24, 2.45) is 0 Å². The van der Waals surface area contributed by atoms with E-state index in [1.165, 1.54) is 24.3 Å². The highest BCUT2D eigenvalue weighted by molar-refractivity contribution is 7.92. The molecule has 0 N–H and O–H groups in total. The molecule has 0 aliphatic carbocycles. The maximum atomic E-state index is 13.1. The molecule has 29 heavy (non-hydrogen) atoms. The molecule has 0 spiro atoms. The molecule has 1 aliphatic heterocycles. The molecule has 8 heteroatoms. The van der Waals surface area contributed by atoms with E-state index in [-0.39, 0.29) is 4.90 Å². The second kappa shape index (κ2) is 8.12. The maximum Gasteiger partial charge on any atom is 0.185 e. The number of nitrogens with zero attached hydrogens (tertiary/aromatic N) is 2. The van der Waals surface area contributed by atoms with Gasteiger partial charge in [-0.3, -0.25) is 0 Å². The van der Waals surface area contributed by atoms with Gasteiger partial charge in [-0.1, -0.05) is 12.1 Å². The minimum atomic E-state index is -3.45. The summed E-state index contributed by atoms with van der Waals surface area (Å²) in [5.41, 5.74) is 1.87. The Hall–Kier alpha value is -2.45. The highest BCUT2D eigenvalue weighted by atomic mass is 32.2. The second-order valence-electron chi connectivity index (χ2n) is 6.93. The minimum Gasteiger partial charge on any atom is -0.497 e. The number of thiazole rings is 1. The van der Waals surface area contributed by atoms with Gasteiger partial charge in [0, 0.05) is 24.0 Å². The van der Waals surface area contributed by atoms with E-state index in [1.807, 2.05) is 29.6 Å². The first-order valence-corrected chi connectivity index (χ1v) is 11.7. The molecule has 0 radical (unpaired) electrons. The van der Waals surface area contributed by atoms with Gasteiger partial charge < -0.3 is 9.64 Å². The summed E-state index contributed by atoms with van der Waals surface area (Å²) in [6, 6.07) is 12.8. The number of aromatic nitrogens is 1. The first kappa shape index (κ1) is 19.8. The van der Waals surface area contributed by atoms with Gasteiger partial charge >= 0.3 is 0 Å². The lowest BCUT2D eigenvalue weighted by Gasteiger charge is -2.31. The lowest BCUT2D eigenvalue weighted by molar-refractivity contribution is 0.415. The van der Waals surface area contributed by atoms with Crippen molar-refractivity contribution in [2.45, 2.75) is 23.0 Å². The van der Waals surface area contributed by atoms with E-state index in [2.05, 4.69) is 4.90 Å². The largest absolute Gasteiger partial charge is 0.497 e. The zero-order valence-electron chi connectivity index (χ0n) is 15.9. The van der Waals surface area contributed by atoms with Crippen LogP contribution in [0, 0.1) is 5.82 Å². The van der Waals surface area contributed by atoms with Gasteiger partial charge in [-0.15, -0.1) is 11.3 Å². The van der Waals surface area contributed by atoms with Crippen LogP contribution < -0.4 is 9.64 Å². The Balaban J connectivity index is 1.45. The van der Waals surface area contributed by atoms with Crippen LogP contribution in [0.3, 0.4) is 0 Å². The standard InChI is InChI=1S/C21H21FN2O3S2/c1-27-17-4-2-3-15(13-17)20-14-28-21(23-20)24-11-9-19(10-12-24)29(25,26)18-7-5-16(22)6-8-18/h2-8,13-14,19H,9-12H2,1H3. The van der Waals surface area contributed by atoms with E-state index < -0.39 is 20.9 Å². The van der Waals surface area contributed by atoms with Gasteiger partial charge in [0.05, 0.1) is 22.9 Å². The lowest BCUT2D eigenvalue weighted by Crippen LogP contribution is -2.39. The molecule has 1 aromatic heterocycles. The fourth-order valence-corrected chi connectivity index (χ4v) is 6.12. The number of ether oxygens (including phenoxy) is 1. The molecule has 5 nitrogen and oxygen atoms in total. The molecule has 4 rings (SSSR count). The third-order valence-electron chi connectivity index (χ3n) is 5.15. The molecular weight excluding hydrogens is 411 g/mol. The van der Waals surface area contributed by atoms with Crippen molar-refractivity contribution in [1.29, 1.82) is 0 Å². The van der Waals surface area contributed by atoms with Crippen molar-refractivity contribution in [1.82, 2.24) is 4.98 Å². The van der Waals surface area contributed by atoms with E-state index in [9.17, 15) is 12.8 Å². The SMILES string of the molecule is COc1cccc(-c2csc(N3CCC(S(=O)(=O)c4ccc(F)cc4)CC3)n2)c1. The van der Waals surface area contributed by atoms with Crippen molar-refractivity contribution in [3.05, 3.63) is 59.7 Å². The van der Waals surface area contributed by atoms with E-state index in [0.29, 0.717) is 25.9 Å². The molecule has 2 aromatic carbocycles. The van der Waals surface area contributed by atoms with Gasteiger partial charge in [0.2, 0.25) is 0 Å². The normalized spacial score (nSPS) is 15.4. The molecule has 3 aromatic rings. The molecule has 0 unspecified atom stereocenters. The first-order chi connectivity index (χ1) is 14.0. The molecule has 0 amide bonds. The summed E-state index contributed by atoms with van der Waals surface area (Å²) >= 11 is 1.55. The molecule has 152 valence electrons. The molecule has 2 heterocycles. The number of halogens is 1. The molecule has 1 aliphatic rings. The second-order valence-corrected chi connectivity index (χ2v) is 10.00. The topological polar surface area (TPSA) is 59.5 Å². The van der Waals surface area contributed by atoms with Crippen LogP contribution in [0.5, 0.6) is 5.75 Å². The average molecular weight is 433 g/mol. The summed E-state index contributed by atoms with van der Waals surface area (Å²) in [5.74, 6) is 0.346. The third kappa shape index (κ3) is 4.13. The molecule has 0 bridgehead atoms. The predicted molar refractivity (Wildman–Crippen MR) is 113 cm³/mol. The number of hydrogen-bond acceptors (Lipinski definition) is 6. The first-order valence-electron chi connectivity index (χ1n) is 9.32. The molecule has 0 atom stereocenters. The fraction of sp³-hybridized carbons (Fsp3) is 0.286. The zero-order chi connectivity index (χ0) is 20.4. The summed E-state index contributed by atoms with van der Waals surface area (Å²) in [6.07, 6.45) is 1.04. The number of methoxy groups -OCH3 is 1. The summed E-state index contributed by atoms with van der Waals surface area (Å²) in [6.45, 7) is 1.24. The van der Waals surface area contributed by atoms with Gasteiger partial charge in [0.1, 0.15) is 11.6 Å². The summed E-state index contributed by atoms with van der Waals surface area (Å²) in [4.78, 5) is 7.05. The molecule has 1 fully saturated rings. The molecular formula is C21H21FN2O3S2. The Labute approximate surface area is 173 Å². The number of sulfone groups is 1. The number of benzene rings is 2. The van der Waals surface area contributed by atoms with Crippen LogP contribution in [0.15, 0.2) is 58.8 Å². The van der Waals surface area contributed by atoms with Gasteiger partial charge in [0.15, 0.2) is 15.0 Å². The van der Waals surface area contributed by atoms with Crippen LogP contribution in [0.2, 0.25) is 0 Å². The fourth-order valence-electron chi connectivity index (χ4n) is 3.50. The van der Waals surface area contributed by atoms with Crippen LogP contribution in [0.4, 0.5) is 9.52 Å². The molecule has 1 saturated heterocycles. The predicted octanol–water partition coefficient (Wildman–Crippen LogP) is 4.40. The van der Waals surface area contributed by atoms with Crippen molar-refractivity contribution in [3.8, 4) is 17.0 Å². The van der Waals surface area contributed by atoms with Crippen LogP contribution in [0.25, 0.3) is 11.3 Å². The Kier molecular flexibility index (Phi) is 5.56. The van der Waals surface area contributed by atoms with Gasteiger partial charge in [-0.05, 0) is 49.2 Å². The number of hydrogen-bond donors (Lipinski definition) is 0. The van der Waals surface area contributed by atoms with Crippen LogP contribution in [-0.4, -0.2) is 38.9 Å². The maximum absolute atomic E-state index is 13.1. The quantitative estimate of drug-likeness (QED) is 0.559. The Bertz CT molecular complexity index is 1090. The lowest BCUT2D eigenvalue weighted by atomic mass is 10.1. The number of piperidine rings is 1. The van der Waals surface area contributed by atoms with E-state index >= 15 is 0 Å². The smallest absolute Gasteiger partial charge is 0.185 e. The third-order valence-corrected chi connectivity index (χ3v) is 8.33. The van der Waals surface area contributed by atoms with E-state index in [4.69, 9.17) is 9.72 Å². The van der Waals surface area contributed by atoms with Gasteiger partial charge in [-0.2, -0.15) is 0 Å². The van der Waals surface area contributed by atoms with Crippen molar-refractivity contribution in [3.63, 3.8) is 0 Å². The van der Waals surface area contributed by atoms with Crippen molar-refractivity contribution < 1.29 is 17.5 Å². The Morgan fingerprint density at radius 2 is 1.86 bits per heavy atom. The van der Waals surface area contributed by atoms with Crippen LogP contribution in [0.1, 0.15) is 12.8 Å². The molecule has 0 saturated carbocycles. The minimum absolute atomic E-state index is 0.187.